The topological polar surface area (TPSA) is 43.0 Å². The zero-order valence-corrected chi connectivity index (χ0v) is 12.4. The highest BCUT2D eigenvalue weighted by Gasteiger charge is 2.11. The number of nitrogens with zero attached hydrogens (tertiary/aromatic N) is 2. The third-order valence-corrected chi connectivity index (χ3v) is 3.73. The quantitative estimate of drug-likeness (QED) is 0.676. The van der Waals surface area contributed by atoms with E-state index in [-0.39, 0.29) is 0 Å². The zero-order valence-electron chi connectivity index (χ0n) is 12.4. The minimum absolute atomic E-state index is 0.865. The van der Waals surface area contributed by atoms with Gasteiger partial charge in [-0.25, -0.2) is 4.98 Å². The van der Waals surface area contributed by atoms with Crippen LogP contribution in [0.1, 0.15) is 24.7 Å². The van der Waals surface area contributed by atoms with E-state index < -0.39 is 0 Å². The van der Waals surface area contributed by atoms with Crippen LogP contribution in [0.3, 0.4) is 0 Å². The van der Waals surface area contributed by atoms with Gasteiger partial charge in [0.2, 0.25) is 0 Å². The largest absolute Gasteiger partial charge is 0.461 e. The number of rotatable bonds is 7. The summed E-state index contributed by atoms with van der Waals surface area (Å²) in [6.45, 7) is 4.99. The molecular weight excluding hydrogens is 262 g/mol. The Balaban J connectivity index is 1.57. The molecule has 3 rings (SSSR count). The standard InChI is InChI=1S/C17H21N3O/c1-2-16-15(14-6-3-4-7-17(14)21-16)12-18-8-5-10-20-11-9-19-13-20/h3-4,6-7,9,11,13,18H,2,5,8,10,12H2,1H3. The lowest BCUT2D eigenvalue weighted by Crippen LogP contribution is -2.16. The van der Waals surface area contributed by atoms with E-state index in [1.807, 2.05) is 30.9 Å². The van der Waals surface area contributed by atoms with Gasteiger partial charge < -0.3 is 14.3 Å². The van der Waals surface area contributed by atoms with Gasteiger partial charge in [-0.15, -0.1) is 0 Å². The van der Waals surface area contributed by atoms with Crippen LogP contribution in [0.25, 0.3) is 11.0 Å². The van der Waals surface area contributed by atoms with E-state index in [1.54, 1.807) is 0 Å². The Morgan fingerprint density at radius 3 is 3.00 bits per heavy atom. The predicted octanol–water partition coefficient (Wildman–Crippen LogP) is 3.37. The van der Waals surface area contributed by atoms with Gasteiger partial charge in [0.05, 0.1) is 6.33 Å². The van der Waals surface area contributed by atoms with Crippen LogP contribution in [-0.2, 0) is 19.5 Å². The molecule has 0 spiro atoms. The summed E-state index contributed by atoms with van der Waals surface area (Å²) in [7, 11) is 0. The van der Waals surface area contributed by atoms with E-state index in [4.69, 9.17) is 4.42 Å². The van der Waals surface area contributed by atoms with Crippen molar-refractivity contribution >= 4 is 11.0 Å². The molecule has 0 radical (unpaired) electrons. The number of benzene rings is 1. The van der Waals surface area contributed by atoms with E-state index in [1.165, 1.54) is 10.9 Å². The maximum atomic E-state index is 5.91. The summed E-state index contributed by atoms with van der Waals surface area (Å²) >= 11 is 0. The van der Waals surface area contributed by atoms with Gasteiger partial charge in [0.25, 0.3) is 0 Å². The minimum Gasteiger partial charge on any atom is -0.461 e. The van der Waals surface area contributed by atoms with Gasteiger partial charge in [0.15, 0.2) is 0 Å². The second-order valence-electron chi connectivity index (χ2n) is 5.18. The molecule has 3 aromatic rings. The first kappa shape index (κ1) is 13.9. The van der Waals surface area contributed by atoms with Gasteiger partial charge in [-0.2, -0.15) is 0 Å². The van der Waals surface area contributed by atoms with Crippen molar-refractivity contribution in [3.63, 3.8) is 0 Å². The van der Waals surface area contributed by atoms with E-state index in [9.17, 15) is 0 Å². The third kappa shape index (κ3) is 3.16. The van der Waals surface area contributed by atoms with Gasteiger partial charge in [0.1, 0.15) is 11.3 Å². The molecular formula is C17H21N3O. The summed E-state index contributed by atoms with van der Waals surface area (Å²) in [6.07, 6.45) is 7.70. The number of imidazole rings is 1. The van der Waals surface area contributed by atoms with Crippen LogP contribution >= 0.6 is 0 Å². The smallest absolute Gasteiger partial charge is 0.134 e. The molecule has 21 heavy (non-hydrogen) atoms. The monoisotopic (exact) mass is 283 g/mol. The average molecular weight is 283 g/mol. The second-order valence-corrected chi connectivity index (χ2v) is 5.18. The molecule has 0 bridgehead atoms. The lowest BCUT2D eigenvalue weighted by molar-refractivity contribution is 0.538. The van der Waals surface area contributed by atoms with Crippen LogP contribution in [-0.4, -0.2) is 16.1 Å². The van der Waals surface area contributed by atoms with Crippen molar-refractivity contribution in [2.45, 2.75) is 32.9 Å². The van der Waals surface area contributed by atoms with Crippen molar-refractivity contribution in [2.24, 2.45) is 0 Å². The number of aromatic nitrogens is 2. The van der Waals surface area contributed by atoms with Crippen LogP contribution in [0.2, 0.25) is 0 Å². The number of nitrogens with one attached hydrogen (secondary N) is 1. The van der Waals surface area contributed by atoms with Crippen LogP contribution < -0.4 is 5.32 Å². The Bertz CT molecular complexity index is 685. The summed E-state index contributed by atoms with van der Waals surface area (Å²) in [5, 5.41) is 4.76. The number of para-hydroxylation sites is 1. The Labute approximate surface area is 124 Å². The van der Waals surface area contributed by atoms with Gasteiger partial charge in [-0.3, -0.25) is 0 Å². The lowest BCUT2D eigenvalue weighted by atomic mass is 10.1. The molecule has 0 saturated carbocycles. The highest BCUT2D eigenvalue weighted by molar-refractivity contribution is 5.82. The van der Waals surface area contributed by atoms with Crippen LogP contribution in [0.4, 0.5) is 0 Å². The predicted molar refractivity (Wildman–Crippen MR) is 84.1 cm³/mol. The van der Waals surface area contributed by atoms with E-state index >= 15 is 0 Å². The van der Waals surface area contributed by atoms with Crippen LogP contribution in [0, 0.1) is 0 Å². The molecule has 2 heterocycles. The zero-order chi connectivity index (χ0) is 14.5. The number of fused-ring (bicyclic) bond motifs is 1. The third-order valence-electron chi connectivity index (χ3n) is 3.73. The van der Waals surface area contributed by atoms with Gasteiger partial charge >= 0.3 is 0 Å². The second kappa shape index (κ2) is 6.59. The summed E-state index contributed by atoms with van der Waals surface area (Å²) in [6, 6.07) is 8.27. The molecule has 0 amide bonds. The van der Waals surface area contributed by atoms with Gasteiger partial charge in [-0.1, -0.05) is 25.1 Å². The first-order valence-electron chi connectivity index (χ1n) is 7.54. The average Bonchev–Trinajstić information content (AvgIpc) is 3.14. The van der Waals surface area contributed by atoms with Crippen molar-refractivity contribution < 1.29 is 4.42 Å². The molecule has 4 nitrogen and oxygen atoms in total. The van der Waals surface area contributed by atoms with Crippen molar-refractivity contribution in [3.05, 3.63) is 54.3 Å². The molecule has 4 heteroatoms. The Morgan fingerprint density at radius 1 is 1.29 bits per heavy atom. The van der Waals surface area contributed by atoms with Gasteiger partial charge in [0, 0.05) is 42.9 Å². The molecule has 110 valence electrons. The summed E-state index contributed by atoms with van der Waals surface area (Å²) < 4.78 is 8.02. The molecule has 2 aromatic heterocycles. The molecule has 1 aromatic carbocycles. The van der Waals surface area contributed by atoms with E-state index in [0.717, 1.165) is 43.8 Å². The first-order valence-corrected chi connectivity index (χ1v) is 7.54. The van der Waals surface area contributed by atoms with Crippen molar-refractivity contribution in [3.8, 4) is 0 Å². The number of aryl methyl sites for hydroxylation is 2. The van der Waals surface area contributed by atoms with Crippen LogP contribution in [0.15, 0.2) is 47.4 Å². The maximum absolute atomic E-state index is 5.91. The number of hydrogen-bond acceptors (Lipinski definition) is 3. The molecule has 0 aliphatic carbocycles. The van der Waals surface area contributed by atoms with Gasteiger partial charge in [-0.05, 0) is 19.0 Å². The molecule has 1 N–H and O–H groups in total. The Kier molecular flexibility index (Phi) is 4.36. The molecule has 0 aliphatic heterocycles. The lowest BCUT2D eigenvalue weighted by Gasteiger charge is -2.06. The van der Waals surface area contributed by atoms with E-state index in [0.29, 0.717) is 0 Å². The molecule has 0 fully saturated rings. The van der Waals surface area contributed by atoms with E-state index in [2.05, 4.69) is 33.9 Å². The minimum atomic E-state index is 0.865. The fraction of sp³-hybridized carbons (Fsp3) is 0.353. The fourth-order valence-corrected chi connectivity index (χ4v) is 2.65. The summed E-state index contributed by atoms with van der Waals surface area (Å²) in [5.74, 6) is 1.10. The highest BCUT2D eigenvalue weighted by Crippen LogP contribution is 2.26. The summed E-state index contributed by atoms with van der Waals surface area (Å²) in [4.78, 5) is 4.05. The number of furan rings is 1. The van der Waals surface area contributed by atoms with Crippen molar-refractivity contribution in [2.75, 3.05) is 6.54 Å². The maximum Gasteiger partial charge on any atom is 0.134 e. The van der Waals surface area contributed by atoms with Crippen molar-refractivity contribution in [1.82, 2.24) is 14.9 Å². The fourth-order valence-electron chi connectivity index (χ4n) is 2.65. The Hall–Kier alpha value is -2.07. The number of hydrogen-bond donors (Lipinski definition) is 1. The molecule has 0 unspecified atom stereocenters. The molecule has 0 atom stereocenters. The normalized spacial score (nSPS) is 11.3. The summed E-state index contributed by atoms with van der Waals surface area (Å²) in [5.41, 5.74) is 2.29. The SMILES string of the molecule is CCc1oc2ccccc2c1CNCCCn1ccnc1. The molecule has 0 saturated heterocycles. The Morgan fingerprint density at radius 2 is 2.19 bits per heavy atom. The first-order chi connectivity index (χ1) is 10.4. The van der Waals surface area contributed by atoms with Crippen LogP contribution in [0.5, 0.6) is 0 Å². The molecule has 0 aliphatic rings. The van der Waals surface area contributed by atoms with Crippen molar-refractivity contribution in [1.29, 1.82) is 0 Å². The highest BCUT2D eigenvalue weighted by atomic mass is 16.3.